The van der Waals surface area contributed by atoms with Crippen LogP contribution >= 0.6 is 11.8 Å². The van der Waals surface area contributed by atoms with E-state index in [4.69, 9.17) is 10.00 Å². The topological polar surface area (TPSA) is 33.0 Å². The molecule has 0 saturated carbocycles. The van der Waals surface area contributed by atoms with Gasteiger partial charge in [0, 0.05) is 4.75 Å². The standard InChI is InChI=1S/C14H19NOS/c1-14(2,3)17-10-6-9-16-13-8-5-4-7-12(13)11-15/h4-5,7-8H,6,9-10H2,1-3H3. The normalized spacial score (nSPS) is 10.9. The largest absolute Gasteiger partial charge is 0.492 e. The Balaban J connectivity index is 2.30. The van der Waals surface area contributed by atoms with Crippen LogP contribution in [0.15, 0.2) is 24.3 Å². The van der Waals surface area contributed by atoms with E-state index in [1.165, 1.54) is 0 Å². The summed E-state index contributed by atoms with van der Waals surface area (Å²) < 4.78 is 5.92. The maximum Gasteiger partial charge on any atom is 0.137 e. The second-order valence-electron chi connectivity index (χ2n) is 4.77. The Morgan fingerprint density at radius 3 is 2.65 bits per heavy atom. The van der Waals surface area contributed by atoms with Crippen LogP contribution in [0.1, 0.15) is 32.8 Å². The summed E-state index contributed by atoms with van der Waals surface area (Å²) in [4.78, 5) is 0. The van der Waals surface area contributed by atoms with Gasteiger partial charge in [0.15, 0.2) is 0 Å². The predicted octanol–water partition coefficient (Wildman–Crippen LogP) is 3.86. The summed E-state index contributed by atoms with van der Waals surface area (Å²) in [6, 6.07) is 9.49. The van der Waals surface area contributed by atoms with E-state index in [1.54, 1.807) is 6.07 Å². The second-order valence-corrected chi connectivity index (χ2v) is 6.69. The minimum absolute atomic E-state index is 0.310. The molecule has 0 heterocycles. The summed E-state index contributed by atoms with van der Waals surface area (Å²) in [5, 5.41) is 8.89. The Morgan fingerprint density at radius 2 is 2.00 bits per heavy atom. The van der Waals surface area contributed by atoms with Crippen LogP contribution in [-0.4, -0.2) is 17.1 Å². The van der Waals surface area contributed by atoms with Crippen molar-refractivity contribution in [3.8, 4) is 11.8 Å². The number of thioether (sulfide) groups is 1. The lowest BCUT2D eigenvalue weighted by atomic mass is 10.2. The molecule has 0 radical (unpaired) electrons. The van der Waals surface area contributed by atoms with E-state index in [9.17, 15) is 0 Å². The van der Waals surface area contributed by atoms with Gasteiger partial charge in [-0.05, 0) is 24.3 Å². The quantitative estimate of drug-likeness (QED) is 0.743. The van der Waals surface area contributed by atoms with Gasteiger partial charge in [-0.15, -0.1) is 0 Å². The molecule has 0 amide bonds. The summed E-state index contributed by atoms with van der Waals surface area (Å²) in [5.74, 6) is 1.77. The van der Waals surface area contributed by atoms with Crippen molar-refractivity contribution >= 4 is 11.8 Å². The molecule has 0 aliphatic rings. The van der Waals surface area contributed by atoms with Crippen LogP contribution in [0.25, 0.3) is 0 Å². The maximum atomic E-state index is 8.89. The number of nitriles is 1. The summed E-state index contributed by atoms with van der Waals surface area (Å²) in [6.07, 6.45) is 1.00. The third-order valence-electron chi connectivity index (χ3n) is 2.09. The Labute approximate surface area is 108 Å². The third kappa shape index (κ3) is 5.65. The summed E-state index contributed by atoms with van der Waals surface area (Å²) in [7, 11) is 0. The van der Waals surface area contributed by atoms with Crippen molar-refractivity contribution in [1.82, 2.24) is 0 Å². The minimum Gasteiger partial charge on any atom is -0.492 e. The molecule has 0 fully saturated rings. The molecule has 1 rings (SSSR count). The first-order valence-corrected chi connectivity index (χ1v) is 6.77. The molecule has 0 N–H and O–H groups in total. The van der Waals surface area contributed by atoms with E-state index in [2.05, 4.69) is 26.8 Å². The molecule has 0 aliphatic heterocycles. The van der Waals surface area contributed by atoms with E-state index in [0.717, 1.165) is 12.2 Å². The van der Waals surface area contributed by atoms with Gasteiger partial charge in [0.25, 0.3) is 0 Å². The number of rotatable bonds is 5. The number of para-hydroxylation sites is 1. The Kier molecular flexibility index (Phi) is 5.37. The summed E-state index contributed by atoms with van der Waals surface area (Å²) in [6.45, 7) is 7.30. The van der Waals surface area contributed by atoms with Crippen LogP contribution < -0.4 is 4.74 Å². The van der Waals surface area contributed by atoms with Crippen molar-refractivity contribution in [3.05, 3.63) is 29.8 Å². The molecule has 0 saturated heterocycles. The minimum atomic E-state index is 0.310. The first-order chi connectivity index (χ1) is 8.03. The van der Waals surface area contributed by atoms with Gasteiger partial charge in [0.05, 0.1) is 12.2 Å². The van der Waals surface area contributed by atoms with Crippen molar-refractivity contribution in [1.29, 1.82) is 5.26 Å². The van der Waals surface area contributed by atoms with Gasteiger partial charge >= 0.3 is 0 Å². The Bertz CT molecular complexity index is 390. The molecule has 0 bridgehead atoms. The van der Waals surface area contributed by atoms with Crippen LogP contribution in [0.2, 0.25) is 0 Å². The summed E-state index contributed by atoms with van der Waals surface area (Å²) in [5.41, 5.74) is 0.607. The van der Waals surface area contributed by atoms with Gasteiger partial charge in [-0.1, -0.05) is 32.9 Å². The average Bonchev–Trinajstić information content (AvgIpc) is 2.27. The molecular weight excluding hydrogens is 230 g/mol. The van der Waals surface area contributed by atoms with E-state index in [-0.39, 0.29) is 0 Å². The van der Waals surface area contributed by atoms with Crippen molar-refractivity contribution in [2.45, 2.75) is 31.9 Å². The van der Waals surface area contributed by atoms with E-state index >= 15 is 0 Å². The van der Waals surface area contributed by atoms with Crippen LogP contribution in [0, 0.1) is 11.3 Å². The Hall–Kier alpha value is -1.14. The SMILES string of the molecule is CC(C)(C)SCCCOc1ccccc1C#N. The van der Waals surface area contributed by atoms with Crippen LogP contribution in [0.4, 0.5) is 0 Å². The van der Waals surface area contributed by atoms with Gasteiger partial charge < -0.3 is 4.74 Å². The highest BCUT2D eigenvalue weighted by molar-refractivity contribution is 8.00. The lowest BCUT2D eigenvalue weighted by Gasteiger charge is -2.17. The van der Waals surface area contributed by atoms with Gasteiger partial charge in [-0.2, -0.15) is 17.0 Å². The van der Waals surface area contributed by atoms with Crippen molar-refractivity contribution in [3.63, 3.8) is 0 Å². The molecular formula is C14H19NOS. The highest BCUT2D eigenvalue weighted by atomic mass is 32.2. The predicted molar refractivity (Wildman–Crippen MR) is 73.5 cm³/mol. The van der Waals surface area contributed by atoms with E-state index in [0.29, 0.717) is 22.7 Å². The fourth-order valence-corrected chi connectivity index (χ4v) is 2.18. The first-order valence-electron chi connectivity index (χ1n) is 5.79. The van der Waals surface area contributed by atoms with Crippen LogP contribution in [-0.2, 0) is 0 Å². The average molecular weight is 249 g/mol. The van der Waals surface area contributed by atoms with Crippen molar-refractivity contribution in [2.75, 3.05) is 12.4 Å². The van der Waals surface area contributed by atoms with Crippen molar-refractivity contribution < 1.29 is 4.74 Å². The molecule has 92 valence electrons. The number of hydrogen-bond donors (Lipinski definition) is 0. The molecule has 0 spiro atoms. The molecule has 1 aromatic carbocycles. The number of ether oxygens (including phenoxy) is 1. The molecule has 17 heavy (non-hydrogen) atoms. The van der Waals surface area contributed by atoms with Gasteiger partial charge in [0.2, 0.25) is 0 Å². The second kappa shape index (κ2) is 6.56. The van der Waals surface area contributed by atoms with E-state index in [1.807, 2.05) is 30.0 Å². The lowest BCUT2D eigenvalue weighted by molar-refractivity contribution is 0.317. The van der Waals surface area contributed by atoms with Crippen LogP contribution in [0.3, 0.4) is 0 Å². The van der Waals surface area contributed by atoms with Gasteiger partial charge in [-0.25, -0.2) is 0 Å². The van der Waals surface area contributed by atoms with Gasteiger partial charge in [0.1, 0.15) is 11.8 Å². The summed E-state index contributed by atoms with van der Waals surface area (Å²) >= 11 is 1.93. The first kappa shape index (κ1) is 13.9. The lowest BCUT2D eigenvalue weighted by Crippen LogP contribution is -2.09. The number of benzene rings is 1. The molecule has 3 heteroatoms. The molecule has 0 aromatic heterocycles. The molecule has 0 aliphatic carbocycles. The maximum absolute atomic E-state index is 8.89. The Morgan fingerprint density at radius 1 is 1.29 bits per heavy atom. The smallest absolute Gasteiger partial charge is 0.137 e. The van der Waals surface area contributed by atoms with Crippen LogP contribution in [0.5, 0.6) is 5.75 Å². The van der Waals surface area contributed by atoms with Crippen molar-refractivity contribution in [2.24, 2.45) is 0 Å². The molecule has 2 nitrogen and oxygen atoms in total. The fourth-order valence-electron chi connectivity index (χ4n) is 1.30. The fraction of sp³-hybridized carbons (Fsp3) is 0.500. The molecule has 1 aromatic rings. The van der Waals surface area contributed by atoms with Gasteiger partial charge in [-0.3, -0.25) is 0 Å². The highest BCUT2D eigenvalue weighted by Gasteiger charge is 2.09. The zero-order chi connectivity index (χ0) is 12.7. The van der Waals surface area contributed by atoms with E-state index < -0.39 is 0 Å². The highest BCUT2D eigenvalue weighted by Crippen LogP contribution is 2.24. The number of nitrogens with zero attached hydrogens (tertiary/aromatic N) is 1. The molecule has 0 atom stereocenters. The molecule has 0 unspecified atom stereocenters. The third-order valence-corrected chi connectivity index (χ3v) is 3.45. The zero-order valence-corrected chi connectivity index (χ0v) is 11.5. The monoisotopic (exact) mass is 249 g/mol. The zero-order valence-electron chi connectivity index (χ0n) is 10.7. The number of hydrogen-bond acceptors (Lipinski definition) is 3.